The summed E-state index contributed by atoms with van der Waals surface area (Å²) < 4.78 is 32.9. The molecule has 12 nitrogen and oxygen atoms in total. The van der Waals surface area contributed by atoms with Crippen LogP contribution in [0.1, 0.15) is 46.1 Å². The van der Waals surface area contributed by atoms with Crippen LogP contribution in [0, 0.1) is 5.92 Å². The van der Waals surface area contributed by atoms with E-state index in [0.717, 1.165) is 5.56 Å². The first kappa shape index (κ1) is 33.1. The SMILES string of the molecule is CCON(CCCNC(=O)OC(C)(C)C)C(=O)C1=Cc2ccc(-c3cccc(S(=O)(=O)N4CC(CN)C4)c3)cc2N=C(N)C1. The summed E-state index contributed by atoms with van der Waals surface area (Å²) in [5.74, 6) is 0.0968. The second-order valence-electron chi connectivity index (χ2n) is 11.8. The van der Waals surface area contributed by atoms with Crippen LogP contribution in [0.4, 0.5) is 10.5 Å². The third kappa shape index (κ3) is 8.23. The number of sulfonamides is 1. The highest BCUT2D eigenvalue weighted by Gasteiger charge is 2.36. The van der Waals surface area contributed by atoms with Crippen molar-refractivity contribution in [2.75, 3.05) is 39.3 Å². The van der Waals surface area contributed by atoms with E-state index < -0.39 is 21.7 Å². The number of carbonyl (C=O) groups is 2. The number of hydrogen-bond acceptors (Lipinski definition) is 9. The zero-order valence-corrected chi connectivity index (χ0v) is 26.5. The summed E-state index contributed by atoms with van der Waals surface area (Å²) in [6.45, 7) is 9.27. The van der Waals surface area contributed by atoms with Crippen molar-refractivity contribution in [3.05, 3.63) is 53.6 Å². The molecule has 238 valence electrons. The molecule has 0 aromatic heterocycles. The van der Waals surface area contributed by atoms with Gasteiger partial charge in [-0.1, -0.05) is 24.3 Å². The molecule has 2 aliphatic heterocycles. The van der Waals surface area contributed by atoms with Crippen LogP contribution >= 0.6 is 0 Å². The number of ether oxygens (including phenoxy) is 1. The molecule has 1 saturated heterocycles. The number of nitrogens with two attached hydrogens (primary N) is 2. The van der Waals surface area contributed by atoms with Gasteiger partial charge in [0.15, 0.2) is 0 Å². The average Bonchev–Trinajstić information content (AvgIpc) is 3.10. The van der Waals surface area contributed by atoms with E-state index in [-0.39, 0.29) is 42.1 Å². The summed E-state index contributed by atoms with van der Waals surface area (Å²) in [6, 6.07) is 12.3. The van der Waals surface area contributed by atoms with Crippen LogP contribution in [0.2, 0.25) is 0 Å². The Bertz CT molecular complexity index is 1540. The zero-order chi connectivity index (χ0) is 32.1. The van der Waals surface area contributed by atoms with Crippen molar-refractivity contribution < 1.29 is 27.6 Å². The van der Waals surface area contributed by atoms with Crippen LogP contribution in [-0.4, -0.2) is 80.6 Å². The molecule has 2 heterocycles. The third-order valence-electron chi connectivity index (χ3n) is 7.05. The van der Waals surface area contributed by atoms with Crippen molar-refractivity contribution in [3.63, 3.8) is 0 Å². The maximum Gasteiger partial charge on any atom is 0.407 e. The molecule has 0 saturated carbocycles. The molecule has 0 radical (unpaired) electrons. The van der Waals surface area contributed by atoms with Gasteiger partial charge in [-0.05, 0) is 82.0 Å². The minimum atomic E-state index is -3.62. The van der Waals surface area contributed by atoms with Gasteiger partial charge in [-0.3, -0.25) is 9.63 Å². The predicted octanol–water partition coefficient (Wildman–Crippen LogP) is 3.40. The summed E-state index contributed by atoms with van der Waals surface area (Å²) in [5, 5.41) is 3.96. The van der Waals surface area contributed by atoms with Crippen LogP contribution in [0.25, 0.3) is 17.2 Å². The number of fused-ring (bicyclic) bond motifs is 1. The molecular weight excluding hydrogens is 584 g/mol. The van der Waals surface area contributed by atoms with E-state index in [0.29, 0.717) is 55.0 Å². The lowest BCUT2D eigenvalue weighted by atomic mass is 10.0. The number of hydroxylamine groups is 2. The fourth-order valence-corrected chi connectivity index (χ4v) is 6.47. The molecule has 5 N–H and O–H groups in total. The molecule has 2 aromatic carbocycles. The van der Waals surface area contributed by atoms with E-state index in [1.54, 1.807) is 52.0 Å². The van der Waals surface area contributed by atoms with Crippen molar-refractivity contribution in [1.29, 1.82) is 0 Å². The first-order chi connectivity index (χ1) is 20.8. The Kier molecular flexibility index (Phi) is 10.5. The number of hydrogen-bond donors (Lipinski definition) is 3. The van der Waals surface area contributed by atoms with Crippen LogP contribution < -0.4 is 16.8 Å². The topological polar surface area (TPSA) is 170 Å². The van der Waals surface area contributed by atoms with Crippen LogP contribution in [0.5, 0.6) is 0 Å². The Morgan fingerprint density at radius 1 is 1.14 bits per heavy atom. The van der Waals surface area contributed by atoms with Gasteiger partial charge in [0.25, 0.3) is 5.91 Å². The fraction of sp³-hybridized carbons (Fsp3) is 0.452. The molecule has 0 aliphatic carbocycles. The second kappa shape index (κ2) is 13.9. The highest BCUT2D eigenvalue weighted by atomic mass is 32.2. The monoisotopic (exact) mass is 626 g/mol. The second-order valence-corrected chi connectivity index (χ2v) is 13.7. The van der Waals surface area contributed by atoms with E-state index in [1.165, 1.54) is 9.37 Å². The highest BCUT2D eigenvalue weighted by molar-refractivity contribution is 7.89. The zero-order valence-electron chi connectivity index (χ0n) is 25.7. The van der Waals surface area contributed by atoms with Gasteiger partial charge in [-0.25, -0.2) is 23.3 Å². The molecule has 0 spiro atoms. The maximum atomic E-state index is 13.5. The number of nitrogens with zero attached hydrogens (tertiary/aromatic N) is 3. The van der Waals surface area contributed by atoms with Crippen molar-refractivity contribution in [2.45, 2.75) is 51.0 Å². The number of amides is 2. The van der Waals surface area contributed by atoms with E-state index in [9.17, 15) is 18.0 Å². The normalized spacial score (nSPS) is 15.8. The summed E-state index contributed by atoms with van der Waals surface area (Å²) in [6.07, 6.45) is 1.79. The molecule has 0 unspecified atom stereocenters. The summed E-state index contributed by atoms with van der Waals surface area (Å²) >= 11 is 0. The molecule has 13 heteroatoms. The number of amidine groups is 1. The Balaban J connectivity index is 1.49. The minimum absolute atomic E-state index is 0.121. The smallest absolute Gasteiger partial charge is 0.407 e. The van der Waals surface area contributed by atoms with Crippen LogP contribution in [-0.2, 0) is 24.4 Å². The van der Waals surface area contributed by atoms with E-state index in [1.807, 2.05) is 24.3 Å². The van der Waals surface area contributed by atoms with Gasteiger partial charge in [-0.15, -0.1) is 0 Å². The number of alkyl carbamates (subject to hydrolysis) is 1. The molecule has 2 aromatic rings. The van der Waals surface area contributed by atoms with E-state index in [4.69, 9.17) is 21.0 Å². The Morgan fingerprint density at radius 3 is 2.55 bits per heavy atom. The van der Waals surface area contributed by atoms with Gasteiger partial charge in [-0.2, -0.15) is 4.31 Å². The van der Waals surface area contributed by atoms with Gasteiger partial charge in [0, 0.05) is 37.2 Å². The molecule has 1 fully saturated rings. The van der Waals surface area contributed by atoms with E-state index in [2.05, 4.69) is 10.3 Å². The summed E-state index contributed by atoms with van der Waals surface area (Å²) in [4.78, 5) is 35.8. The molecular formula is C31H42N6O6S. The summed E-state index contributed by atoms with van der Waals surface area (Å²) in [7, 11) is -3.62. The third-order valence-corrected chi connectivity index (χ3v) is 8.88. The highest BCUT2D eigenvalue weighted by Crippen LogP contribution is 2.34. The van der Waals surface area contributed by atoms with E-state index >= 15 is 0 Å². The number of carbonyl (C=O) groups excluding carboxylic acids is 2. The summed E-state index contributed by atoms with van der Waals surface area (Å²) in [5.41, 5.74) is 14.5. The van der Waals surface area contributed by atoms with Gasteiger partial charge in [0.05, 0.1) is 23.7 Å². The lowest BCUT2D eigenvalue weighted by Gasteiger charge is -2.37. The molecule has 44 heavy (non-hydrogen) atoms. The Hall–Kier alpha value is -3.78. The van der Waals surface area contributed by atoms with Gasteiger partial charge in [0.1, 0.15) is 11.4 Å². The Labute approximate surface area is 259 Å². The number of rotatable bonds is 11. The largest absolute Gasteiger partial charge is 0.444 e. The minimum Gasteiger partial charge on any atom is -0.444 e. The molecule has 2 amide bonds. The van der Waals surface area contributed by atoms with Crippen molar-refractivity contribution >= 4 is 39.6 Å². The molecule has 0 bridgehead atoms. The van der Waals surface area contributed by atoms with Gasteiger partial charge >= 0.3 is 6.09 Å². The van der Waals surface area contributed by atoms with Crippen molar-refractivity contribution in [2.24, 2.45) is 22.4 Å². The van der Waals surface area contributed by atoms with Gasteiger partial charge in [0.2, 0.25) is 10.0 Å². The maximum absolute atomic E-state index is 13.5. The lowest BCUT2D eigenvalue weighted by molar-refractivity contribution is -0.180. The molecule has 4 rings (SSSR count). The first-order valence-electron chi connectivity index (χ1n) is 14.7. The fourth-order valence-electron chi connectivity index (χ4n) is 4.83. The number of nitrogens with one attached hydrogen (secondary N) is 1. The van der Waals surface area contributed by atoms with Crippen molar-refractivity contribution in [3.8, 4) is 11.1 Å². The number of aliphatic imine (C=N–C) groups is 1. The Morgan fingerprint density at radius 2 is 1.86 bits per heavy atom. The molecule has 0 atom stereocenters. The predicted molar refractivity (Wildman–Crippen MR) is 169 cm³/mol. The van der Waals surface area contributed by atoms with Gasteiger partial charge < -0.3 is 21.5 Å². The molecule has 2 aliphatic rings. The standard InChI is InChI=1S/C31H42N6O6S/c1-5-42-37(13-7-12-34-30(39)43-31(2,3)4)29(38)25-14-24-11-10-23(16-27(24)35-28(33)17-25)22-8-6-9-26(15-22)44(40,41)36-19-21(18-32)20-36/h6,8-11,14-16,21H,5,7,12-13,17-20,32H2,1-4H3,(H2,33,35)(H,34,39). The number of benzene rings is 2. The van der Waals surface area contributed by atoms with Crippen LogP contribution in [0.3, 0.4) is 0 Å². The average molecular weight is 627 g/mol. The lowest BCUT2D eigenvalue weighted by Crippen LogP contribution is -2.52. The quantitative estimate of drug-likeness (QED) is 0.252. The van der Waals surface area contributed by atoms with Crippen LogP contribution in [0.15, 0.2) is 57.9 Å². The van der Waals surface area contributed by atoms with Crippen molar-refractivity contribution in [1.82, 2.24) is 14.7 Å². The first-order valence-corrected chi connectivity index (χ1v) is 16.1.